The number of fused-ring (bicyclic) bond motifs is 1. The fourth-order valence-electron chi connectivity index (χ4n) is 4.36. The molecule has 0 aromatic heterocycles. The first kappa shape index (κ1) is 20.9. The van der Waals surface area contributed by atoms with Crippen LogP contribution in [0.2, 0.25) is 5.02 Å². The molecule has 3 aliphatic heterocycles. The number of hydrogen-bond donors (Lipinski definition) is 1. The lowest BCUT2D eigenvalue weighted by molar-refractivity contribution is -0.127. The Morgan fingerprint density at radius 3 is 2.60 bits per heavy atom. The quantitative estimate of drug-likeness (QED) is 0.766. The van der Waals surface area contributed by atoms with Crippen molar-refractivity contribution in [3.63, 3.8) is 0 Å². The molecule has 3 amide bonds. The van der Waals surface area contributed by atoms with Gasteiger partial charge >= 0.3 is 6.03 Å². The zero-order valence-electron chi connectivity index (χ0n) is 17.7. The predicted molar refractivity (Wildman–Crippen MR) is 118 cm³/mol. The summed E-state index contributed by atoms with van der Waals surface area (Å²) in [4.78, 5) is 37.8. The molecule has 2 unspecified atom stereocenters. The minimum Gasteiger partial charge on any atom is -0.369 e. The number of imide groups is 1. The molecule has 8 nitrogen and oxygen atoms in total. The molecule has 0 spiro atoms. The van der Waals surface area contributed by atoms with Crippen molar-refractivity contribution < 1.29 is 9.59 Å². The SMILES string of the molecule is CC(C)CN1C(CN2CCN(c3cccc(Cl)c3)CC2)=NC2C1C(=O)NC(=O)N2C. The van der Waals surface area contributed by atoms with Crippen molar-refractivity contribution in [2.75, 3.05) is 51.2 Å². The Labute approximate surface area is 182 Å². The number of anilines is 1. The van der Waals surface area contributed by atoms with Gasteiger partial charge in [-0.15, -0.1) is 0 Å². The van der Waals surface area contributed by atoms with Crippen LogP contribution in [0, 0.1) is 5.92 Å². The third kappa shape index (κ3) is 4.11. The largest absolute Gasteiger partial charge is 0.369 e. The summed E-state index contributed by atoms with van der Waals surface area (Å²) in [5.41, 5.74) is 1.14. The second-order valence-corrected chi connectivity index (χ2v) is 9.03. The van der Waals surface area contributed by atoms with Crippen molar-refractivity contribution in [1.29, 1.82) is 0 Å². The highest BCUT2D eigenvalue weighted by Gasteiger charge is 2.48. The van der Waals surface area contributed by atoms with Gasteiger partial charge in [-0.25, -0.2) is 9.79 Å². The number of nitrogens with zero attached hydrogens (tertiary/aromatic N) is 5. The van der Waals surface area contributed by atoms with Gasteiger partial charge in [0.2, 0.25) is 0 Å². The maximum Gasteiger partial charge on any atom is 0.325 e. The number of rotatable bonds is 5. The van der Waals surface area contributed by atoms with Crippen molar-refractivity contribution in [2.24, 2.45) is 10.9 Å². The average Bonchev–Trinajstić information content (AvgIpc) is 3.05. The van der Waals surface area contributed by atoms with Gasteiger partial charge in [-0.1, -0.05) is 31.5 Å². The Kier molecular flexibility index (Phi) is 5.88. The molecule has 2 atom stereocenters. The minimum atomic E-state index is -0.451. The standard InChI is InChI=1S/C21H29ClN6O2/c1-14(2)12-28-17(23-19-18(28)20(29)24-21(30)25(19)3)13-26-7-9-27(10-8-26)16-6-4-5-15(22)11-16/h4-6,11,14,18-19H,7-10,12-13H2,1-3H3,(H,24,29,30). The van der Waals surface area contributed by atoms with E-state index in [9.17, 15) is 9.59 Å². The molecule has 1 aromatic rings. The molecule has 162 valence electrons. The summed E-state index contributed by atoms with van der Waals surface area (Å²) in [6, 6.07) is 7.12. The first-order chi connectivity index (χ1) is 14.3. The van der Waals surface area contributed by atoms with E-state index in [1.165, 1.54) is 4.90 Å². The lowest BCUT2D eigenvalue weighted by Crippen LogP contribution is -2.64. The van der Waals surface area contributed by atoms with Crippen molar-refractivity contribution in [1.82, 2.24) is 20.0 Å². The molecular formula is C21H29ClN6O2. The summed E-state index contributed by atoms with van der Waals surface area (Å²) in [5, 5.41) is 3.21. The summed E-state index contributed by atoms with van der Waals surface area (Å²) >= 11 is 6.14. The number of amides is 3. The van der Waals surface area contributed by atoms with E-state index >= 15 is 0 Å². The second-order valence-electron chi connectivity index (χ2n) is 8.60. The minimum absolute atomic E-state index is 0.256. The van der Waals surface area contributed by atoms with Crippen molar-refractivity contribution in [2.45, 2.75) is 26.1 Å². The molecule has 0 saturated carbocycles. The predicted octanol–water partition coefficient (Wildman–Crippen LogP) is 1.71. The van der Waals surface area contributed by atoms with E-state index in [0.29, 0.717) is 12.5 Å². The first-order valence-electron chi connectivity index (χ1n) is 10.5. The van der Waals surface area contributed by atoms with E-state index in [4.69, 9.17) is 16.6 Å². The lowest BCUT2D eigenvalue weighted by atomic mass is 10.1. The summed E-state index contributed by atoms with van der Waals surface area (Å²) in [6.07, 6.45) is -0.451. The van der Waals surface area contributed by atoms with Gasteiger partial charge in [0.1, 0.15) is 5.84 Å². The molecule has 4 rings (SSSR count). The molecule has 2 fully saturated rings. The van der Waals surface area contributed by atoms with Crippen LogP contribution in [0.25, 0.3) is 0 Å². The van der Waals surface area contributed by atoms with Crippen LogP contribution in [0.4, 0.5) is 10.5 Å². The normalized spacial score (nSPS) is 25.0. The van der Waals surface area contributed by atoms with E-state index < -0.39 is 12.2 Å². The number of benzene rings is 1. The fourth-order valence-corrected chi connectivity index (χ4v) is 4.55. The third-order valence-corrected chi connectivity index (χ3v) is 6.15. The Balaban J connectivity index is 1.45. The van der Waals surface area contributed by atoms with E-state index in [2.05, 4.69) is 39.9 Å². The van der Waals surface area contributed by atoms with Crippen LogP contribution in [-0.2, 0) is 4.79 Å². The molecule has 0 aliphatic carbocycles. The monoisotopic (exact) mass is 432 g/mol. The smallest absolute Gasteiger partial charge is 0.325 e. The van der Waals surface area contributed by atoms with Gasteiger partial charge in [0.25, 0.3) is 5.91 Å². The number of carbonyl (C=O) groups excluding carboxylic acids is 2. The Bertz CT molecular complexity index is 852. The third-order valence-electron chi connectivity index (χ3n) is 5.92. The molecule has 30 heavy (non-hydrogen) atoms. The van der Waals surface area contributed by atoms with Crippen molar-refractivity contribution in [3.05, 3.63) is 29.3 Å². The number of amidine groups is 1. The van der Waals surface area contributed by atoms with Crippen molar-refractivity contribution in [3.8, 4) is 0 Å². The average molecular weight is 433 g/mol. The Morgan fingerprint density at radius 1 is 1.20 bits per heavy atom. The van der Waals surface area contributed by atoms with Crippen LogP contribution in [0.5, 0.6) is 0 Å². The number of likely N-dealkylation sites (N-methyl/N-ethyl adjacent to an activating group) is 1. The van der Waals surface area contributed by atoms with E-state index in [-0.39, 0.29) is 11.9 Å². The molecule has 0 bridgehead atoms. The van der Waals surface area contributed by atoms with E-state index in [1.54, 1.807) is 7.05 Å². The van der Waals surface area contributed by atoms with Gasteiger partial charge in [-0.3, -0.25) is 15.0 Å². The highest BCUT2D eigenvalue weighted by Crippen LogP contribution is 2.26. The van der Waals surface area contributed by atoms with Gasteiger partial charge in [0, 0.05) is 50.5 Å². The van der Waals surface area contributed by atoms with Crippen LogP contribution in [0.15, 0.2) is 29.3 Å². The number of hydrogen-bond acceptors (Lipinski definition) is 6. The van der Waals surface area contributed by atoms with Crippen LogP contribution >= 0.6 is 11.6 Å². The zero-order chi connectivity index (χ0) is 21.4. The highest BCUT2D eigenvalue weighted by molar-refractivity contribution is 6.30. The molecule has 2 saturated heterocycles. The summed E-state index contributed by atoms with van der Waals surface area (Å²) in [7, 11) is 1.70. The van der Waals surface area contributed by atoms with Crippen LogP contribution in [0.3, 0.4) is 0 Å². The fraction of sp³-hybridized carbons (Fsp3) is 0.571. The Morgan fingerprint density at radius 2 is 1.93 bits per heavy atom. The molecule has 9 heteroatoms. The molecule has 1 N–H and O–H groups in total. The van der Waals surface area contributed by atoms with Crippen LogP contribution in [-0.4, -0.2) is 91.0 Å². The Hall–Kier alpha value is -2.32. The molecule has 3 heterocycles. The molecule has 3 aliphatic rings. The summed E-state index contributed by atoms with van der Waals surface area (Å²) in [5.74, 6) is 1.02. The number of urea groups is 1. The maximum absolute atomic E-state index is 12.6. The number of nitrogens with one attached hydrogen (secondary N) is 1. The molecule has 1 aromatic carbocycles. The summed E-state index contributed by atoms with van der Waals surface area (Å²) in [6.45, 7) is 9.28. The topological polar surface area (TPSA) is 71.5 Å². The second kappa shape index (κ2) is 8.43. The maximum atomic E-state index is 12.6. The van der Waals surface area contributed by atoms with Gasteiger partial charge in [-0.05, 0) is 24.1 Å². The lowest BCUT2D eigenvalue weighted by Gasteiger charge is -2.39. The van der Waals surface area contributed by atoms with E-state index in [0.717, 1.165) is 49.3 Å². The first-order valence-corrected chi connectivity index (χ1v) is 10.8. The number of aliphatic imine (C=N–C) groups is 1. The summed E-state index contributed by atoms with van der Waals surface area (Å²) < 4.78 is 0. The molecule has 0 radical (unpaired) electrons. The van der Waals surface area contributed by atoms with Gasteiger partial charge in [-0.2, -0.15) is 0 Å². The van der Waals surface area contributed by atoms with Gasteiger partial charge in [0.15, 0.2) is 12.2 Å². The van der Waals surface area contributed by atoms with Crippen molar-refractivity contribution >= 4 is 35.1 Å². The number of piperazine rings is 1. The van der Waals surface area contributed by atoms with Gasteiger partial charge in [0.05, 0.1) is 6.54 Å². The number of carbonyl (C=O) groups is 2. The van der Waals surface area contributed by atoms with Gasteiger partial charge < -0.3 is 14.7 Å². The zero-order valence-corrected chi connectivity index (χ0v) is 18.5. The van der Waals surface area contributed by atoms with E-state index in [1.807, 2.05) is 18.2 Å². The number of halogens is 1. The van der Waals surface area contributed by atoms with Crippen LogP contribution in [0.1, 0.15) is 13.8 Å². The van der Waals surface area contributed by atoms with Crippen LogP contribution < -0.4 is 10.2 Å². The molecular weight excluding hydrogens is 404 g/mol. The highest BCUT2D eigenvalue weighted by atomic mass is 35.5.